The number of amides is 1. The summed E-state index contributed by atoms with van der Waals surface area (Å²) in [5.41, 5.74) is 0.0114. The van der Waals surface area contributed by atoms with Gasteiger partial charge in [0, 0.05) is 12.1 Å². The number of carbonyl (C=O) groups excluding carboxylic acids is 1. The van der Waals surface area contributed by atoms with Gasteiger partial charge in [-0.05, 0) is 51.5 Å². The Bertz CT molecular complexity index is 494. The van der Waals surface area contributed by atoms with E-state index in [1.165, 1.54) is 6.07 Å². The average molecular weight is 334 g/mol. The van der Waals surface area contributed by atoms with Gasteiger partial charge in [-0.25, -0.2) is 8.78 Å². The lowest BCUT2D eigenvalue weighted by atomic mass is 10.1. The van der Waals surface area contributed by atoms with Gasteiger partial charge in [-0.15, -0.1) is 12.4 Å². The van der Waals surface area contributed by atoms with Crippen LogP contribution in [0.25, 0.3) is 0 Å². The molecule has 1 aromatic rings. The van der Waals surface area contributed by atoms with Crippen LogP contribution in [0.3, 0.4) is 0 Å². The van der Waals surface area contributed by atoms with Crippen molar-refractivity contribution >= 4 is 24.0 Å². The van der Waals surface area contributed by atoms with E-state index in [1.807, 2.05) is 11.9 Å². The molecule has 124 valence electrons. The number of likely N-dealkylation sites (N-methyl/N-ethyl adjacent to an activating group) is 1. The molecule has 0 bridgehead atoms. The Labute approximate surface area is 135 Å². The minimum absolute atomic E-state index is 0. The van der Waals surface area contributed by atoms with E-state index >= 15 is 0 Å². The predicted molar refractivity (Wildman–Crippen MR) is 85.4 cm³/mol. The van der Waals surface area contributed by atoms with Crippen LogP contribution in [0.4, 0.5) is 14.5 Å². The molecule has 1 saturated heterocycles. The second kappa shape index (κ2) is 9.02. The Hall–Kier alpha value is -1.24. The predicted octanol–water partition coefficient (Wildman–Crippen LogP) is 2.40. The molecule has 1 amide bonds. The Morgan fingerprint density at radius 3 is 2.86 bits per heavy atom. The number of carbonyl (C=O) groups is 1. The zero-order valence-corrected chi connectivity index (χ0v) is 13.4. The highest BCUT2D eigenvalue weighted by Gasteiger charge is 2.19. The standard InChI is InChI=1S/C15H21F2N3O.ClH/c1-20(12-3-2-7-18-8-6-12)10-15(21)19-14-5-4-11(16)9-13(14)17;/h4-5,9,12,18H,2-3,6-8,10H2,1H3,(H,19,21);1H. The molecule has 0 aromatic heterocycles. The fourth-order valence-electron chi connectivity index (χ4n) is 2.58. The summed E-state index contributed by atoms with van der Waals surface area (Å²) in [7, 11) is 1.90. The number of halogens is 3. The van der Waals surface area contributed by atoms with E-state index in [1.54, 1.807) is 0 Å². The first kappa shape index (κ1) is 18.8. The fraction of sp³-hybridized carbons (Fsp3) is 0.533. The smallest absolute Gasteiger partial charge is 0.238 e. The largest absolute Gasteiger partial charge is 0.322 e. The molecule has 2 rings (SSSR count). The first-order valence-corrected chi connectivity index (χ1v) is 7.22. The topological polar surface area (TPSA) is 44.4 Å². The van der Waals surface area contributed by atoms with Crippen molar-refractivity contribution in [2.75, 3.05) is 32.0 Å². The molecule has 1 aromatic carbocycles. The Kier molecular flexibility index (Phi) is 7.72. The van der Waals surface area contributed by atoms with Crippen LogP contribution in [0, 0.1) is 11.6 Å². The van der Waals surface area contributed by atoms with Crippen LogP contribution in [-0.4, -0.2) is 43.5 Å². The highest BCUT2D eigenvalue weighted by atomic mass is 35.5. The van der Waals surface area contributed by atoms with Gasteiger partial charge in [0.2, 0.25) is 5.91 Å². The molecule has 1 aliphatic heterocycles. The van der Waals surface area contributed by atoms with Crippen LogP contribution in [-0.2, 0) is 4.79 Å². The van der Waals surface area contributed by atoms with E-state index in [2.05, 4.69) is 10.6 Å². The van der Waals surface area contributed by atoms with E-state index in [0.29, 0.717) is 6.04 Å². The van der Waals surface area contributed by atoms with E-state index < -0.39 is 11.6 Å². The minimum atomic E-state index is -0.760. The lowest BCUT2D eigenvalue weighted by Gasteiger charge is -2.26. The van der Waals surface area contributed by atoms with Crippen molar-refractivity contribution < 1.29 is 13.6 Å². The zero-order chi connectivity index (χ0) is 15.2. The van der Waals surface area contributed by atoms with Gasteiger partial charge in [-0.1, -0.05) is 0 Å². The number of nitrogens with zero attached hydrogens (tertiary/aromatic N) is 1. The fourth-order valence-corrected chi connectivity index (χ4v) is 2.58. The first-order valence-electron chi connectivity index (χ1n) is 7.22. The summed E-state index contributed by atoms with van der Waals surface area (Å²) in [6.07, 6.45) is 3.12. The average Bonchev–Trinajstić information content (AvgIpc) is 2.71. The lowest BCUT2D eigenvalue weighted by molar-refractivity contribution is -0.117. The molecular weight excluding hydrogens is 312 g/mol. The summed E-state index contributed by atoms with van der Waals surface area (Å²) >= 11 is 0. The summed E-state index contributed by atoms with van der Waals surface area (Å²) in [4.78, 5) is 13.9. The molecular formula is C15H22ClF2N3O. The van der Waals surface area contributed by atoms with Gasteiger partial charge in [0.25, 0.3) is 0 Å². The molecule has 1 aliphatic rings. The summed E-state index contributed by atoms with van der Waals surface area (Å²) < 4.78 is 26.3. The van der Waals surface area contributed by atoms with E-state index in [9.17, 15) is 13.6 Å². The molecule has 1 heterocycles. The van der Waals surface area contributed by atoms with Gasteiger partial charge in [-0.2, -0.15) is 0 Å². The number of benzene rings is 1. The lowest BCUT2D eigenvalue weighted by Crippen LogP contribution is -2.38. The van der Waals surface area contributed by atoms with Crippen LogP contribution >= 0.6 is 12.4 Å². The summed E-state index contributed by atoms with van der Waals surface area (Å²) in [6, 6.07) is 3.47. The highest BCUT2D eigenvalue weighted by Crippen LogP contribution is 2.16. The van der Waals surface area contributed by atoms with E-state index in [4.69, 9.17) is 0 Å². The van der Waals surface area contributed by atoms with Crippen LogP contribution in [0.1, 0.15) is 19.3 Å². The monoisotopic (exact) mass is 333 g/mol. The first-order chi connectivity index (χ1) is 10.1. The van der Waals surface area contributed by atoms with Crippen molar-refractivity contribution in [2.24, 2.45) is 0 Å². The Morgan fingerprint density at radius 1 is 1.36 bits per heavy atom. The maximum Gasteiger partial charge on any atom is 0.238 e. The van der Waals surface area contributed by atoms with Crippen molar-refractivity contribution in [3.05, 3.63) is 29.8 Å². The van der Waals surface area contributed by atoms with Gasteiger partial charge in [0.1, 0.15) is 11.6 Å². The van der Waals surface area contributed by atoms with Crippen LogP contribution in [0.15, 0.2) is 18.2 Å². The van der Waals surface area contributed by atoms with Crippen LogP contribution in [0.5, 0.6) is 0 Å². The summed E-state index contributed by atoms with van der Waals surface area (Å²) in [5, 5.41) is 5.81. The molecule has 7 heteroatoms. The maximum absolute atomic E-state index is 13.5. The Morgan fingerprint density at radius 2 is 2.14 bits per heavy atom. The molecule has 1 atom stereocenters. The number of hydrogen-bond donors (Lipinski definition) is 2. The van der Waals surface area contributed by atoms with Crippen molar-refractivity contribution in [1.82, 2.24) is 10.2 Å². The highest BCUT2D eigenvalue weighted by molar-refractivity contribution is 5.92. The van der Waals surface area contributed by atoms with Crippen molar-refractivity contribution in [2.45, 2.75) is 25.3 Å². The third-order valence-corrected chi connectivity index (χ3v) is 3.77. The number of rotatable bonds is 4. The number of nitrogens with one attached hydrogen (secondary N) is 2. The quantitative estimate of drug-likeness (QED) is 0.889. The van der Waals surface area contributed by atoms with Gasteiger partial charge in [0.15, 0.2) is 0 Å². The third kappa shape index (κ3) is 5.51. The second-order valence-electron chi connectivity index (χ2n) is 5.42. The maximum atomic E-state index is 13.5. The van der Waals surface area contributed by atoms with Crippen molar-refractivity contribution in [3.8, 4) is 0 Å². The molecule has 4 nitrogen and oxygen atoms in total. The second-order valence-corrected chi connectivity index (χ2v) is 5.42. The third-order valence-electron chi connectivity index (χ3n) is 3.77. The molecule has 0 spiro atoms. The molecule has 1 fully saturated rings. The molecule has 0 saturated carbocycles. The van der Waals surface area contributed by atoms with Crippen LogP contribution in [0.2, 0.25) is 0 Å². The zero-order valence-electron chi connectivity index (χ0n) is 12.6. The van der Waals surface area contributed by atoms with Crippen molar-refractivity contribution in [1.29, 1.82) is 0 Å². The SMILES string of the molecule is CN(CC(=O)Nc1ccc(F)cc1F)C1CCCNCC1.Cl. The molecule has 2 N–H and O–H groups in total. The van der Waals surface area contributed by atoms with E-state index in [0.717, 1.165) is 44.5 Å². The van der Waals surface area contributed by atoms with Crippen LogP contribution < -0.4 is 10.6 Å². The molecule has 1 unspecified atom stereocenters. The summed E-state index contributed by atoms with van der Waals surface area (Å²) in [5.74, 6) is -1.71. The van der Waals surface area contributed by atoms with Gasteiger partial charge in [-0.3, -0.25) is 9.69 Å². The van der Waals surface area contributed by atoms with E-state index in [-0.39, 0.29) is 30.5 Å². The van der Waals surface area contributed by atoms with Gasteiger partial charge >= 0.3 is 0 Å². The molecule has 22 heavy (non-hydrogen) atoms. The normalized spacial score (nSPS) is 18.5. The Balaban J connectivity index is 0.00000242. The number of hydrogen-bond acceptors (Lipinski definition) is 3. The summed E-state index contributed by atoms with van der Waals surface area (Å²) in [6.45, 7) is 2.15. The minimum Gasteiger partial charge on any atom is -0.322 e. The number of anilines is 1. The van der Waals surface area contributed by atoms with Gasteiger partial charge in [0.05, 0.1) is 12.2 Å². The molecule has 0 aliphatic carbocycles. The molecule has 0 radical (unpaired) electrons. The van der Waals surface area contributed by atoms with Gasteiger partial charge < -0.3 is 10.6 Å². The van der Waals surface area contributed by atoms with Crippen molar-refractivity contribution in [3.63, 3.8) is 0 Å².